The summed E-state index contributed by atoms with van der Waals surface area (Å²) in [6, 6.07) is 6.08. The Morgan fingerprint density at radius 1 is 1.41 bits per heavy atom. The van der Waals surface area contributed by atoms with Gasteiger partial charge in [-0.15, -0.1) is 0 Å². The van der Waals surface area contributed by atoms with Crippen LogP contribution in [0.1, 0.15) is 50.2 Å². The first-order valence-electron chi connectivity index (χ1n) is 8.52. The summed E-state index contributed by atoms with van der Waals surface area (Å²) >= 11 is 0. The molecule has 1 heterocycles. The summed E-state index contributed by atoms with van der Waals surface area (Å²) in [5.74, 6) is 1.21. The van der Waals surface area contributed by atoms with Crippen LogP contribution in [0.25, 0.3) is 0 Å². The van der Waals surface area contributed by atoms with E-state index in [1.54, 1.807) is 6.07 Å². The Labute approximate surface area is 133 Å². The molecule has 0 amide bonds. The van der Waals surface area contributed by atoms with Crippen LogP contribution in [0.3, 0.4) is 0 Å². The molecule has 22 heavy (non-hydrogen) atoms. The molecule has 3 rings (SSSR count). The summed E-state index contributed by atoms with van der Waals surface area (Å²) in [5, 5.41) is 9.90. The van der Waals surface area contributed by atoms with Gasteiger partial charge in [0.25, 0.3) is 0 Å². The molecule has 3 nitrogen and oxygen atoms in total. The van der Waals surface area contributed by atoms with Crippen molar-refractivity contribution in [3.63, 3.8) is 0 Å². The Balaban J connectivity index is 1.86. The molecule has 0 aromatic heterocycles. The molecule has 1 saturated carbocycles. The summed E-state index contributed by atoms with van der Waals surface area (Å²) in [7, 11) is 0. The topological polar surface area (TPSA) is 40.5 Å². The minimum atomic E-state index is -0.107. The number of nitrogens with zero attached hydrogens (tertiary/aromatic N) is 1. The summed E-state index contributed by atoms with van der Waals surface area (Å²) in [6.07, 6.45) is 6.39. The van der Waals surface area contributed by atoms with E-state index < -0.39 is 0 Å². The summed E-state index contributed by atoms with van der Waals surface area (Å²) in [6.45, 7) is 6.65. The number of carbonyl (C=O) groups is 1. The first-order valence-corrected chi connectivity index (χ1v) is 8.52. The number of carbonyl (C=O) groups excluding carboxylic acids is 1. The van der Waals surface area contributed by atoms with Crippen molar-refractivity contribution in [2.75, 3.05) is 13.1 Å². The van der Waals surface area contributed by atoms with Gasteiger partial charge < -0.3 is 14.8 Å². The van der Waals surface area contributed by atoms with E-state index in [2.05, 4.69) is 18.7 Å². The van der Waals surface area contributed by atoms with Gasteiger partial charge in [0.05, 0.1) is 0 Å². The monoisotopic (exact) mass is 301 g/mol. The fourth-order valence-electron chi connectivity index (χ4n) is 4.16. The third-order valence-corrected chi connectivity index (χ3v) is 5.64. The molecule has 1 unspecified atom stereocenters. The van der Waals surface area contributed by atoms with E-state index >= 15 is 0 Å². The van der Waals surface area contributed by atoms with E-state index in [0.717, 1.165) is 37.2 Å². The summed E-state index contributed by atoms with van der Waals surface area (Å²) in [4.78, 5) is 13.9. The van der Waals surface area contributed by atoms with Crippen LogP contribution in [0.5, 0.6) is 5.75 Å². The maximum absolute atomic E-state index is 11.3. The van der Waals surface area contributed by atoms with Crippen LogP contribution in [0.15, 0.2) is 18.2 Å². The van der Waals surface area contributed by atoms with Crippen LogP contribution in [0.4, 0.5) is 0 Å². The number of hydrogen-bond acceptors (Lipinski definition) is 3. The maximum atomic E-state index is 11.3. The molecular formula is C19H27NO2. The average Bonchev–Trinajstić information content (AvgIpc) is 3.29. The minimum absolute atomic E-state index is 0.107. The Bertz CT molecular complexity index is 552. The Morgan fingerprint density at radius 2 is 2.18 bits per heavy atom. The van der Waals surface area contributed by atoms with Gasteiger partial charge in [-0.1, -0.05) is 6.07 Å². The van der Waals surface area contributed by atoms with Crippen LogP contribution >= 0.6 is 0 Å². The number of phenols is 1. The first kappa shape index (κ1) is 15.5. The lowest BCUT2D eigenvalue weighted by Crippen LogP contribution is -2.48. The molecular weight excluding hydrogens is 274 g/mol. The number of hydrogen-bond donors (Lipinski definition) is 1. The maximum Gasteiger partial charge on any atom is 0.120 e. The third kappa shape index (κ3) is 3.05. The lowest BCUT2D eigenvalue weighted by atomic mass is 9.67. The molecule has 0 radical (unpaired) electrons. The summed E-state index contributed by atoms with van der Waals surface area (Å²) < 4.78 is 0. The molecule has 2 atom stereocenters. The average molecular weight is 301 g/mol. The van der Waals surface area contributed by atoms with E-state index in [1.165, 1.54) is 24.9 Å². The van der Waals surface area contributed by atoms with E-state index in [9.17, 15) is 9.90 Å². The van der Waals surface area contributed by atoms with Crippen LogP contribution in [0.2, 0.25) is 0 Å². The Kier molecular flexibility index (Phi) is 4.26. The van der Waals surface area contributed by atoms with Gasteiger partial charge in [0, 0.05) is 24.4 Å². The van der Waals surface area contributed by atoms with E-state index in [4.69, 9.17) is 0 Å². The van der Waals surface area contributed by atoms with Crippen molar-refractivity contribution in [1.82, 2.24) is 4.90 Å². The van der Waals surface area contributed by atoms with Crippen molar-refractivity contribution in [2.24, 2.45) is 5.92 Å². The highest BCUT2D eigenvalue weighted by molar-refractivity contribution is 5.55. The van der Waals surface area contributed by atoms with Crippen LogP contribution in [-0.2, 0) is 10.2 Å². The third-order valence-electron chi connectivity index (χ3n) is 5.64. The normalized spacial score (nSPS) is 29.5. The minimum Gasteiger partial charge on any atom is -0.508 e. The smallest absolute Gasteiger partial charge is 0.120 e. The highest BCUT2D eigenvalue weighted by Gasteiger charge is 2.41. The molecule has 0 bridgehead atoms. The zero-order valence-corrected chi connectivity index (χ0v) is 13.7. The van der Waals surface area contributed by atoms with Gasteiger partial charge in [0.2, 0.25) is 0 Å². The number of rotatable bonds is 5. The lowest BCUT2D eigenvalue weighted by molar-refractivity contribution is -0.109. The lowest BCUT2D eigenvalue weighted by Gasteiger charge is -2.46. The van der Waals surface area contributed by atoms with Crippen molar-refractivity contribution >= 4 is 6.29 Å². The highest BCUT2D eigenvalue weighted by Crippen LogP contribution is 2.44. The highest BCUT2D eigenvalue weighted by atomic mass is 16.3. The van der Waals surface area contributed by atoms with Gasteiger partial charge in [0.15, 0.2) is 0 Å². The predicted molar refractivity (Wildman–Crippen MR) is 88.2 cm³/mol. The number of phenolic OH excluding ortho intramolecular Hbond substituents is 1. The molecule has 1 N–H and O–H groups in total. The van der Waals surface area contributed by atoms with Crippen LogP contribution in [-0.4, -0.2) is 35.4 Å². The molecule has 0 spiro atoms. The standard InChI is InChI=1S/C19H27NO2/c1-14-3-6-17(22)11-18(14)19(8-10-21)7-9-20(15(2)12-19)13-16-4-5-16/h3,6,10-11,15-16,22H,4-5,7-9,12-13H2,1-2H3/t15?,19-/m0/s1. The number of likely N-dealkylation sites (tertiary alicyclic amines) is 1. The van der Waals surface area contributed by atoms with Gasteiger partial charge in [-0.2, -0.15) is 0 Å². The second kappa shape index (κ2) is 6.04. The summed E-state index contributed by atoms with van der Waals surface area (Å²) in [5.41, 5.74) is 2.24. The van der Waals surface area contributed by atoms with Crippen LogP contribution < -0.4 is 0 Å². The van der Waals surface area contributed by atoms with Gasteiger partial charge >= 0.3 is 0 Å². The molecule has 3 heteroatoms. The van der Waals surface area contributed by atoms with Gasteiger partial charge in [0.1, 0.15) is 12.0 Å². The van der Waals surface area contributed by atoms with Crippen molar-refractivity contribution in [3.8, 4) is 5.75 Å². The quantitative estimate of drug-likeness (QED) is 0.847. The second-order valence-corrected chi connectivity index (χ2v) is 7.39. The van der Waals surface area contributed by atoms with Crippen molar-refractivity contribution in [2.45, 2.75) is 57.4 Å². The molecule has 2 aliphatic rings. The fraction of sp³-hybridized carbons (Fsp3) is 0.632. The molecule has 2 fully saturated rings. The number of piperidine rings is 1. The van der Waals surface area contributed by atoms with Gasteiger partial charge in [-0.3, -0.25) is 0 Å². The number of aromatic hydroxyl groups is 1. The number of aryl methyl sites for hydroxylation is 1. The van der Waals surface area contributed by atoms with Gasteiger partial charge in [-0.25, -0.2) is 0 Å². The van der Waals surface area contributed by atoms with Gasteiger partial charge in [-0.05, 0) is 75.3 Å². The zero-order chi connectivity index (χ0) is 15.7. The van der Waals surface area contributed by atoms with Crippen molar-refractivity contribution in [1.29, 1.82) is 0 Å². The first-order chi connectivity index (χ1) is 10.5. The number of benzene rings is 1. The van der Waals surface area contributed by atoms with E-state index in [1.807, 2.05) is 12.1 Å². The van der Waals surface area contributed by atoms with E-state index in [0.29, 0.717) is 18.2 Å². The SMILES string of the molecule is Cc1ccc(O)cc1[C@]1(CC=O)CCN(CC2CC2)C(C)C1. The Hall–Kier alpha value is -1.35. The molecule has 1 aromatic carbocycles. The van der Waals surface area contributed by atoms with Crippen molar-refractivity contribution < 1.29 is 9.90 Å². The molecule has 1 aromatic rings. The Morgan fingerprint density at radius 3 is 2.82 bits per heavy atom. The van der Waals surface area contributed by atoms with Crippen molar-refractivity contribution in [3.05, 3.63) is 29.3 Å². The zero-order valence-electron chi connectivity index (χ0n) is 13.7. The largest absolute Gasteiger partial charge is 0.508 e. The van der Waals surface area contributed by atoms with E-state index in [-0.39, 0.29) is 5.41 Å². The predicted octanol–water partition coefficient (Wildman–Crippen LogP) is 3.42. The molecule has 1 aliphatic carbocycles. The van der Waals surface area contributed by atoms with Crippen LogP contribution in [0, 0.1) is 12.8 Å². The number of aldehydes is 1. The fourth-order valence-corrected chi connectivity index (χ4v) is 4.16. The molecule has 1 aliphatic heterocycles. The second-order valence-electron chi connectivity index (χ2n) is 7.39. The molecule has 120 valence electrons. The molecule has 1 saturated heterocycles.